The summed E-state index contributed by atoms with van der Waals surface area (Å²) < 4.78 is 50.8. The van der Waals surface area contributed by atoms with Gasteiger partial charge in [0.05, 0.1) is 26.2 Å². The van der Waals surface area contributed by atoms with Crippen molar-refractivity contribution in [2.24, 2.45) is 0 Å². The van der Waals surface area contributed by atoms with Crippen LogP contribution in [0.15, 0.2) is 0 Å². The Morgan fingerprint density at radius 1 is 0.463 bits per heavy atom. The number of hydrogen-bond acceptors (Lipinski definition) is 3. The summed E-state index contributed by atoms with van der Waals surface area (Å²) in [6.07, 6.45) is 24.7. The van der Waals surface area contributed by atoms with Gasteiger partial charge >= 0.3 is 0 Å². The number of nitrogens with zero attached hydrogens (tertiary/aromatic N) is 1. The Bertz CT molecular complexity index is 622. The summed E-state index contributed by atoms with van der Waals surface area (Å²) in [6.45, 7) is 18.7. The summed E-state index contributed by atoms with van der Waals surface area (Å²) in [5.74, 6) is 0. The van der Waals surface area contributed by atoms with Crippen LogP contribution in [0.3, 0.4) is 0 Å². The van der Waals surface area contributed by atoms with Gasteiger partial charge in [0.2, 0.25) is 0 Å². The summed E-state index contributed by atoms with van der Waals surface area (Å²) in [5, 5.41) is -2.56. The molecule has 4 nitrogen and oxygen atoms in total. The van der Waals surface area contributed by atoms with Crippen LogP contribution in [-0.2, 0) is 10.1 Å². The zero-order valence-electron chi connectivity index (χ0n) is 28.8. The molecule has 0 heterocycles. The lowest BCUT2D eigenvalue weighted by atomic mass is 10.0. The van der Waals surface area contributed by atoms with Crippen molar-refractivity contribution in [1.82, 2.24) is 0 Å². The second-order valence-corrected chi connectivity index (χ2v) is 14.2. The van der Waals surface area contributed by atoms with Gasteiger partial charge in [-0.25, -0.2) is 12.8 Å². The fourth-order valence-electron chi connectivity index (χ4n) is 5.82. The fourth-order valence-corrected chi connectivity index (χ4v) is 6.61. The first-order valence-corrected chi connectivity index (χ1v) is 19.5. The van der Waals surface area contributed by atoms with Gasteiger partial charge in [-0.05, 0) is 53.4 Å². The number of alkyl halides is 1. The highest BCUT2D eigenvalue weighted by Gasteiger charge is 2.36. The van der Waals surface area contributed by atoms with Crippen LogP contribution in [-0.4, -0.2) is 48.6 Å². The molecular formula is C35H74FNO3S. The monoisotopic (exact) mass is 608 g/mol. The highest BCUT2D eigenvalue weighted by molar-refractivity contribution is 7.87. The van der Waals surface area contributed by atoms with Crippen molar-refractivity contribution >= 4 is 10.1 Å². The van der Waals surface area contributed by atoms with E-state index in [9.17, 15) is 17.4 Å². The third kappa shape index (κ3) is 23.9. The quantitative estimate of drug-likeness (QED) is 0.0483. The van der Waals surface area contributed by atoms with E-state index in [1.54, 1.807) is 0 Å². The lowest BCUT2D eigenvalue weighted by Crippen LogP contribution is -2.47. The van der Waals surface area contributed by atoms with E-state index in [1.165, 1.54) is 121 Å². The number of rotatable bonds is 29. The minimum Gasteiger partial charge on any atom is -0.745 e. The molecule has 1 atom stereocenters. The minimum absolute atomic E-state index is 0.132. The zero-order chi connectivity index (χ0) is 31.3. The molecule has 41 heavy (non-hydrogen) atoms. The van der Waals surface area contributed by atoms with Crippen LogP contribution < -0.4 is 0 Å². The smallest absolute Gasteiger partial charge is 0.199 e. The summed E-state index contributed by atoms with van der Waals surface area (Å²) >= 11 is 0. The molecule has 0 aliphatic rings. The Balaban J connectivity index is 0. The third-order valence-corrected chi connectivity index (χ3v) is 10.7. The van der Waals surface area contributed by atoms with E-state index in [1.807, 2.05) is 0 Å². The van der Waals surface area contributed by atoms with Crippen molar-refractivity contribution in [3.05, 3.63) is 0 Å². The molecule has 0 N–H and O–H groups in total. The second kappa shape index (κ2) is 28.6. The predicted molar refractivity (Wildman–Crippen MR) is 178 cm³/mol. The first-order chi connectivity index (χ1) is 19.6. The van der Waals surface area contributed by atoms with E-state index in [0.29, 0.717) is 12.8 Å². The second-order valence-electron chi connectivity index (χ2n) is 12.5. The molecule has 0 amide bonds. The Hall–Kier alpha value is -0.200. The van der Waals surface area contributed by atoms with Crippen molar-refractivity contribution in [2.45, 2.75) is 201 Å². The standard InChI is InChI=1S/C27H55FO3S.C8H20N/c1-3-5-7-9-11-13-14-15-16-17-18-20-22-24-26-27(28,32(29,30)31)25-23-21-19-12-10-8-6-4-2;1-5-9(6-2,7-3)8-4/h3-26H2,1-2H3,(H,29,30,31);5-8H2,1-4H3/q;+1/p-1. The van der Waals surface area contributed by atoms with Gasteiger partial charge in [0.25, 0.3) is 0 Å². The normalized spacial score (nSPS) is 13.6. The molecule has 1 unspecified atom stereocenters. The summed E-state index contributed by atoms with van der Waals surface area (Å²) in [6, 6.07) is 0. The van der Waals surface area contributed by atoms with Crippen molar-refractivity contribution in [3.63, 3.8) is 0 Å². The maximum absolute atomic E-state index is 14.9. The van der Waals surface area contributed by atoms with Gasteiger partial charge < -0.3 is 9.04 Å². The molecule has 0 aromatic rings. The molecule has 0 aliphatic carbocycles. The Labute approximate surface area is 258 Å². The zero-order valence-corrected chi connectivity index (χ0v) is 29.6. The van der Waals surface area contributed by atoms with Crippen LogP contribution in [0.5, 0.6) is 0 Å². The van der Waals surface area contributed by atoms with E-state index in [0.717, 1.165) is 38.5 Å². The van der Waals surface area contributed by atoms with Crippen LogP contribution in [0.1, 0.15) is 196 Å². The lowest BCUT2D eigenvalue weighted by molar-refractivity contribution is -0.921. The molecule has 0 rings (SSSR count). The topological polar surface area (TPSA) is 57.2 Å². The van der Waals surface area contributed by atoms with E-state index >= 15 is 0 Å². The molecule has 0 fully saturated rings. The van der Waals surface area contributed by atoms with Crippen molar-refractivity contribution < 1.29 is 21.8 Å². The van der Waals surface area contributed by atoms with Gasteiger partial charge in [-0.1, -0.05) is 142 Å². The van der Waals surface area contributed by atoms with Crippen LogP contribution in [0.4, 0.5) is 4.39 Å². The van der Waals surface area contributed by atoms with Crippen LogP contribution in [0, 0.1) is 0 Å². The summed E-state index contributed by atoms with van der Waals surface area (Å²) in [4.78, 5) is 0. The Morgan fingerprint density at radius 2 is 0.683 bits per heavy atom. The molecule has 0 aliphatic heterocycles. The van der Waals surface area contributed by atoms with E-state index in [2.05, 4.69) is 41.5 Å². The Kier molecular flexibility index (Phi) is 29.9. The number of halogens is 1. The fraction of sp³-hybridized carbons (Fsp3) is 1.00. The average molecular weight is 608 g/mol. The molecule has 0 radical (unpaired) electrons. The predicted octanol–water partition coefficient (Wildman–Crippen LogP) is 11.5. The van der Waals surface area contributed by atoms with Gasteiger partial charge in [0.15, 0.2) is 5.00 Å². The number of hydrogen-bond donors (Lipinski definition) is 0. The molecule has 250 valence electrons. The van der Waals surface area contributed by atoms with Crippen molar-refractivity contribution in [2.75, 3.05) is 26.2 Å². The van der Waals surface area contributed by atoms with Gasteiger partial charge in [-0.3, -0.25) is 0 Å². The first-order valence-electron chi connectivity index (χ1n) is 18.1. The first kappa shape index (κ1) is 42.9. The van der Waals surface area contributed by atoms with E-state index in [-0.39, 0.29) is 12.8 Å². The Morgan fingerprint density at radius 3 is 0.854 bits per heavy atom. The molecule has 6 heteroatoms. The lowest BCUT2D eigenvalue weighted by Gasteiger charge is -2.34. The SMILES string of the molecule is CCCCCCCCCCCCCCCCC(F)(CCCCCCCCCC)S(=O)(=O)[O-].CC[N+](CC)(CC)CC. The molecule has 0 bridgehead atoms. The van der Waals surface area contributed by atoms with Crippen molar-refractivity contribution in [3.8, 4) is 0 Å². The highest BCUT2D eigenvalue weighted by Crippen LogP contribution is 2.32. The van der Waals surface area contributed by atoms with Crippen LogP contribution >= 0.6 is 0 Å². The van der Waals surface area contributed by atoms with Gasteiger partial charge in [-0.2, -0.15) is 0 Å². The molecule has 0 saturated heterocycles. The molecule has 0 aromatic carbocycles. The number of unbranched alkanes of at least 4 members (excludes halogenated alkanes) is 20. The minimum atomic E-state index is -4.90. The summed E-state index contributed by atoms with van der Waals surface area (Å²) in [7, 11) is -4.90. The van der Waals surface area contributed by atoms with E-state index in [4.69, 9.17) is 0 Å². The maximum Gasteiger partial charge on any atom is 0.199 e. The maximum atomic E-state index is 14.9. The van der Waals surface area contributed by atoms with Gasteiger partial charge in [0.1, 0.15) is 10.1 Å². The highest BCUT2D eigenvalue weighted by atomic mass is 32.2. The molecular weight excluding hydrogens is 533 g/mol. The third-order valence-electron chi connectivity index (χ3n) is 9.44. The van der Waals surface area contributed by atoms with Gasteiger partial charge in [-0.15, -0.1) is 0 Å². The van der Waals surface area contributed by atoms with Crippen LogP contribution in [0.2, 0.25) is 0 Å². The average Bonchev–Trinajstić information content (AvgIpc) is 2.96. The van der Waals surface area contributed by atoms with Crippen LogP contribution in [0.25, 0.3) is 0 Å². The summed E-state index contributed by atoms with van der Waals surface area (Å²) in [5.41, 5.74) is 0. The molecule has 0 aromatic heterocycles. The van der Waals surface area contributed by atoms with E-state index < -0.39 is 15.1 Å². The molecule has 0 spiro atoms. The van der Waals surface area contributed by atoms with Gasteiger partial charge in [0, 0.05) is 0 Å². The van der Waals surface area contributed by atoms with Crippen molar-refractivity contribution in [1.29, 1.82) is 0 Å². The molecule has 0 saturated carbocycles. The number of quaternary nitrogens is 1. The largest absolute Gasteiger partial charge is 0.745 e.